The summed E-state index contributed by atoms with van der Waals surface area (Å²) in [4.78, 5) is 14.7. The van der Waals surface area contributed by atoms with Crippen LogP contribution >= 0.6 is 0 Å². The van der Waals surface area contributed by atoms with Crippen molar-refractivity contribution in [2.24, 2.45) is 5.41 Å². The number of hydrogen-bond acceptors (Lipinski definition) is 2. The second-order valence-electron chi connectivity index (χ2n) is 7.37. The lowest BCUT2D eigenvalue weighted by Crippen LogP contribution is -2.37. The molecule has 0 unspecified atom stereocenters. The lowest BCUT2D eigenvalue weighted by Gasteiger charge is -2.30. The van der Waals surface area contributed by atoms with Crippen molar-refractivity contribution in [3.63, 3.8) is 0 Å². The number of fused-ring (bicyclic) bond motifs is 1. The lowest BCUT2D eigenvalue weighted by molar-refractivity contribution is 0.0705. The third-order valence-electron chi connectivity index (χ3n) is 4.77. The number of aliphatic hydroxyl groups is 1. The normalized spacial score (nSPS) is 24.5. The molecule has 3 rings (SSSR count). The van der Waals surface area contributed by atoms with Crippen LogP contribution in [0.15, 0.2) is 18.2 Å². The molecule has 1 amide bonds. The molecule has 1 atom stereocenters. The summed E-state index contributed by atoms with van der Waals surface area (Å²) in [5, 5.41) is 9.98. The molecule has 1 aliphatic carbocycles. The zero-order valence-electron chi connectivity index (χ0n) is 13.1. The average molecular weight is 287 g/mol. The average Bonchev–Trinajstić information content (AvgIpc) is 2.83. The van der Waals surface area contributed by atoms with E-state index < -0.39 is 0 Å². The first kappa shape index (κ1) is 14.6. The molecule has 21 heavy (non-hydrogen) atoms. The highest BCUT2D eigenvalue weighted by molar-refractivity contribution is 5.94. The Morgan fingerprint density at radius 1 is 1.29 bits per heavy atom. The summed E-state index contributed by atoms with van der Waals surface area (Å²) in [7, 11) is 0. The van der Waals surface area contributed by atoms with E-state index in [4.69, 9.17) is 0 Å². The number of aliphatic hydroxyl groups excluding tert-OH is 1. The van der Waals surface area contributed by atoms with Gasteiger partial charge in [-0.2, -0.15) is 0 Å². The van der Waals surface area contributed by atoms with E-state index in [0.29, 0.717) is 13.0 Å². The molecule has 114 valence electrons. The fraction of sp³-hybridized carbons (Fsp3) is 0.611. The fourth-order valence-electron chi connectivity index (χ4n) is 3.77. The molecule has 3 heteroatoms. The number of carbonyl (C=O) groups is 1. The maximum absolute atomic E-state index is 12.8. The van der Waals surface area contributed by atoms with Gasteiger partial charge in [-0.05, 0) is 60.8 Å². The third kappa shape index (κ3) is 3.13. The lowest BCUT2D eigenvalue weighted by atomic mass is 9.87. The molecular formula is C18H25NO2. The van der Waals surface area contributed by atoms with Gasteiger partial charge in [-0.3, -0.25) is 4.79 Å². The molecule has 1 aromatic rings. The summed E-state index contributed by atoms with van der Waals surface area (Å²) < 4.78 is 0. The molecule has 1 fully saturated rings. The second-order valence-corrected chi connectivity index (χ2v) is 7.37. The van der Waals surface area contributed by atoms with Crippen LogP contribution in [0.2, 0.25) is 0 Å². The SMILES string of the molecule is CC1(C)C[C@@H](O)CCN(C(=O)c2ccc3c(c2)CCC3)C1. The number of aryl methyl sites for hydroxylation is 2. The summed E-state index contributed by atoms with van der Waals surface area (Å²) in [6.07, 6.45) is 4.60. The summed E-state index contributed by atoms with van der Waals surface area (Å²) in [6, 6.07) is 6.17. The van der Waals surface area contributed by atoms with Gasteiger partial charge in [0.15, 0.2) is 0 Å². The van der Waals surface area contributed by atoms with E-state index in [1.807, 2.05) is 11.0 Å². The molecule has 1 saturated heterocycles. The summed E-state index contributed by atoms with van der Waals surface area (Å²) >= 11 is 0. The Morgan fingerprint density at radius 2 is 2.05 bits per heavy atom. The van der Waals surface area contributed by atoms with Gasteiger partial charge in [-0.1, -0.05) is 19.9 Å². The fourth-order valence-corrected chi connectivity index (χ4v) is 3.77. The minimum absolute atomic E-state index is 0.0255. The van der Waals surface area contributed by atoms with E-state index in [2.05, 4.69) is 26.0 Å². The predicted octanol–water partition coefficient (Wildman–Crippen LogP) is 2.80. The van der Waals surface area contributed by atoms with Gasteiger partial charge in [0, 0.05) is 18.7 Å². The summed E-state index contributed by atoms with van der Waals surface area (Å²) in [5.74, 6) is 0.117. The van der Waals surface area contributed by atoms with Crippen molar-refractivity contribution < 1.29 is 9.90 Å². The van der Waals surface area contributed by atoms with Gasteiger partial charge in [0.25, 0.3) is 5.91 Å². The standard InChI is InChI=1S/C18H25NO2/c1-18(2)11-16(20)8-9-19(12-18)17(21)15-7-6-13-4-3-5-14(13)10-15/h6-7,10,16,20H,3-5,8-9,11-12H2,1-2H3/t16-/m0/s1. The molecule has 1 aromatic carbocycles. The Bertz CT molecular complexity index is 550. The van der Waals surface area contributed by atoms with Crippen molar-refractivity contribution in [3.8, 4) is 0 Å². The van der Waals surface area contributed by atoms with Crippen LogP contribution in [0.4, 0.5) is 0 Å². The largest absolute Gasteiger partial charge is 0.393 e. The molecular weight excluding hydrogens is 262 g/mol. The quantitative estimate of drug-likeness (QED) is 0.863. The second kappa shape index (κ2) is 5.45. The van der Waals surface area contributed by atoms with E-state index in [1.165, 1.54) is 17.5 Å². The van der Waals surface area contributed by atoms with Crippen LogP contribution in [0.5, 0.6) is 0 Å². The van der Waals surface area contributed by atoms with E-state index in [-0.39, 0.29) is 17.4 Å². The zero-order chi connectivity index (χ0) is 15.0. The van der Waals surface area contributed by atoms with Gasteiger partial charge in [-0.15, -0.1) is 0 Å². The van der Waals surface area contributed by atoms with Crippen molar-refractivity contribution in [3.05, 3.63) is 34.9 Å². The Balaban J connectivity index is 1.81. The number of amides is 1. The van der Waals surface area contributed by atoms with Gasteiger partial charge >= 0.3 is 0 Å². The zero-order valence-corrected chi connectivity index (χ0v) is 13.1. The molecule has 0 aromatic heterocycles. The molecule has 0 spiro atoms. The van der Waals surface area contributed by atoms with Crippen LogP contribution in [0.25, 0.3) is 0 Å². The molecule has 0 saturated carbocycles. The molecule has 1 N–H and O–H groups in total. The summed E-state index contributed by atoms with van der Waals surface area (Å²) in [6.45, 7) is 5.63. The van der Waals surface area contributed by atoms with E-state index in [1.54, 1.807) is 0 Å². The first-order valence-electron chi connectivity index (χ1n) is 8.04. The van der Waals surface area contributed by atoms with Crippen LogP contribution in [-0.2, 0) is 12.8 Å². The highest BCUT2D eigenvalue weighted by Gasteiger charge is 2.31. The van der Waals surface area contributed by atoms with Crippen LogP contribution in [-0.4, -0.2) is 35.1 Å². The third-order valence-corrected chi connectivity index (χ3v) is 4.77. The Labute approximate surface area is 127 Å². The number of carbonyl (C=O) groups excluding carboxylic acids is 1. The van der Waals surface area contributed by atoms with Gasteiger partial charge in [0.1, 0.15) is 0 Å². The van der Waals surface area contributed by atoms with Crippen molar-refractivity contribution in [1.82, 2.24) is 4.90 Å². The van der Waals surface area contributed by atoms with E-state index >= 15 is 0 Å². The van der Waals surface area contributed by atoms with Crippen molar-refractivity contribution >= 4 is 5.91 Å². The molecule has 2 aliphatic rings. The van der Waals surface area contributed by atoms with Crippen LogP contribution in [0.3, 0.4) is 0 Å². The minimum atomic E-state index is -0.294. The number of likely N-dealkylation sites (tertiary alicyclic amines) is 1. The number of benzene rings is 1. The molecule has 0 bridgehead atoms. The minimum Gasteiger partial charge on any atom is -0.393 e. The Hall–Kier alpha value is -1.35. The maximum Gasteiger partial charge on any atom is 0.253 e. The number of hydrogen-bond donors (Lipinski definition) is 1. The molecule has 1 aliphatic heterocycles. The Morgan fingerprint density at radius 3 is 2.86 bits per heavy atom. The molecule has 0 radical (unpaired) electrons. The topological polar surface area (TPSA) is 40.5 Å². The van der Waals surface area contributed by atoms with Crippen molar-refractivity contribution in [1.29, 1.82) is 0 Å². The monoisotopic (exact) mass is 287 g/mol. The molecule has 1 heterocycles. The summed E-state index contributed by atoms with van der Waals surface area (Å²) in [5.41, 5.74) is 3.53. The van der Waals surface area contributed by atoms with Crippen molar-refractivity contribution in [2.75, 3.05) is 13.1 Å². The van der Waals surface area contributed by atoms with Gasteiger partial charge in [0.2, 0.25) is 0 Å². The highest BCUT2D eigenvalue weighted by atomic mass is 16.3. The molecule has 3 nitrogen and oxygen atoms in total. The van der Waals surface area contributed by atoms with Gasteiger partial charge < -0.3 is 10.0 Å². The highest BCUT2D eigenvalue weighted by Crippen LogP contribution is 2.30. The predicted molar refractivity (Wildman–Crippen MR) is 83.4 cm³/mol. The van der Waals surface area contributed by atoms with E-state index in [9.17, 15) is 9.90 Å². The van der Waals surface area contributed by atoms with Crippen LogP contribution in [0, 0.1) is 5.41 Å². The van der Waals surface area contributed by atoms with Crippen molar-refractivity contribution in [2.45, 2.75) is 52.1 Å². The van der Waals surface area contributed by atoms with Gasteiger partial charge in [0.05, 0.1) is 6.10 Å². The smallest absolute Gasteiger partial charge is 0.253 e. The maximum atomic E-state index is 12.8. The first-order valence-corrected chi connectivity index (χ1v) is 8.04. The number of rotatable bonds is 1. The van der Waals surface area contributed by atoms with Gasteiger partial charge in [-0.25, -0.2) is 0 Å². The van der Waals surface area contributed by atoms with Crippen LogP contribution < -0.4 is 0 Å². The van der Waals surface area contributed by atoms with Crippen LogP contribution in [0.1, 0.15) is 54.6 Å². The number of nitrogens with zero attached hydrogens (tertiary/aromatic N) is 1. The van der Waals surface area contributed by atoms with E-state index in [0.717, 1.165) is 31.4 Å². The first-order chi connectivity index (χ1) is 9.94. The Kier molecular flexibility index (Phi) is 3.78.